The Bertz CT molecular complexity index is 1120. The SMILES string of the molecule is CC(C(=O)N[C@@H](CCS(=O)(=O)c1ccccc1)C(N)=O)(c1ccccc1)c1ccccc1. The van der Waals surface area contributed by atoms with Crippen LogP contribution in [0.4, 0.5) is 0 Å². The van der Waals surface area contributed by atoms with E-state index in [9.17, 15) is 18.0 Å². The van der Waals surface area contributed by atoms with Gasteiger partial charge in [-0.15, -0.1) is 0 Å². The lowest BCUT2D eigenvalue weighted by atomic mass is 9.75. The van der Waals surface area contributed by atoms with E-state index in [1.807, 2.05) is 60.7 Å². The second-order valence-corrected chi connectivity index (χ2v) is 9.82. The fourth-order valence-electron chi connectivity index (χ4n) is 3.58. The lowest BCUT2D eigenvalue weighted by Crippen LogP contribution is -2.52. The topological polar surface area (TPSA) is 106 Å². The number of sulfone groups is 1. The van der Waals surface area contributed by atoms with Crippen LogP contribution in [0.1, 0.15) is 24.5 Å². The average molecular weight is 451 g/mol. The molecule has 3 N–H and O–H groups in total. The van der Waals surface area contributed by atoms with Gasteiger partial charge in [-0.2, -0.15) is 0 Å². The number of benzene rings is 3. The Morgan fingerprint density at radius 2 is 1.28 bits per heavy atom. The van der Waals surface area contributed by atoms with Crippen molar-refractivity contribution in [2.24, 2.45) is 5.73 Å². The third kappa shape index (κ3) is 5.06. The van der Waals surface area contributed by atoms with Crippen LogP contribution in [-0.4, -0.2) is 32.0 Å². The van der Waals surface area contributed by atoms with Gasteiger partial charge in [0.15, 0.2) is 9.84 Å². The zero-order valence-corrected chi connectivity index (χ0v) is 18.6. The second kappa shape index (κ2) is 9.78. The van der Waals surface area contributed by atoms with E-state index in [0.29, 0.717) is 0 Å². The van der Waals surface area contributed by atoms with Gasteiger partial charge in [-0.25, -0.2) is 8.42 Å². The maximum atomic E-state index is 13.5. The summed E-state index contributed by atoms with van der Waals surface area (Å²) in [5, 5.41) is 2.70. The number of nitrogens with two attached hydrogens (primary N) is 1. The van der Waals surface area contributed by atoms with Crippen molar-refractivity contribution in [1.29, 1.82) is 0 Å². The van der Waals surface area contributed by atoms with E-state index < -0.39 is 33.1 Å². The summed E-state index contributed by atoms with van der Waals surface area (Å²) in [6, 6.07) is 25.2. The van der Waals surface area contributed by atoms with Gasteiger partial charge >= 0.3 is 0 Å². The van der Waals surface area contributed by atoms with Crippen LogP contribution in [0.3, 0.4) is 0 Å². The molecule has 0 saturated heterocycles. The summed E-state index contributed by atoms with van der Waals surface area (Å²) in [5.41, 5.74) is 5.90. The predicted octanol–water partition coefficient (Wildman–Crippen LogP) is 2.83. The summed E-state index contributed by atoms with van der Waals surface area (Å²) in [5.74, 6) is -1.54. The maximum absolute atomic E-state index is 13.5. The molecule has 1 atom stereocenters. The van der Waals surface area contributed by atoms with Gasteiger partial charge < -0.3 is 11.1 Å². The first-order valence-corrected chi connectivity index (χ1v) is 11.9. The van der Waals surface area contributed by atoms with E-state index in [1.54, 1.807) is 25.1 Å². The molecule has 0 aromatic heterocycles. The minimum atomic E-state index is -3.62. The quantitative estimate of drug-likeness (QED) is 0.523. The molecule has 0 unspecified atom stereocenters. The van der Waals surface area contributed by atoms with Crippen LogP contribution < -0.4 is 11.1 Å². The van der Waals surface area contributed by atoms with Gasteiger partial charge in [-0.1, -0.05) is 78.9 Å². The minimum Gasteiger partial charge on any atom is -0.368 e. The van der Waals surface area contributed by atoms with Crippen LogP contribution >= 0.6 is 0 Å². The summed E-state index contributed by atoms with van der Waals surface area (Å²) >= 11 is 0. The first-order valence-electron chi connectivity index (χ1n) is 10.2. The number of nitrogens with one attached hydrogen (secondary N) is 1. The summed E-state index contributed by atoms with van der Waals surface area (Å²) in [6.45, 7) is 1.77. The van der Waals surface area contributed by atoms with Crippen molar-refractivity contribution in [2.75, 3.05) is 5.75 Å². The average Bonchev–Trinajstić information content (AvgIpc) is 2.82. The summed E-state index contributed by atoms with van der Waals surface area (Å²) < 4.78 is 25.2. The Balaban J connectivity index is 1.86. The smallest absolute Gasteiger partial charge is 0.240 e. The molecule has 166 valence electrons. The number of primary amides is 1. The fourth-order valence-corrected chi connectivity index (χ4v) is 4.93. The van der Waals surface area contributed by atoms with Gasteiger partial charge in [0.1, 0.15) is 6.04 Å². The van der Waals surface area contributed by atoms with E-state index in [4.69, 9.17) is 5.73 Å². The summed E-state index contributed by atoms with van der Waals surface area (Å²) in [6.07, 6.45) is -0.127. The van der Waals surface area contributed by atoms with E-state index in [-0.39, 0.29) is 17.1 Å². The lowest BCUT2D eigenvalue weighted by Gasteiger charge is -2.31. The molecular formula is C25H26N2O4S. The molecule has 6 nitrogen and oxygen atoms in total. The molecule has 0 bridgehead atoms. The Kier molecular flexibility index (Phi) is 7.10. The van der Waals surface area contributed by atoms with E-state index in [0.717, 1.165) is 11.1 Å². The fraction of sp³-hybridized carbons (Fsp3) is 0.200. The highest BCUT2D eigenvalue weighted by Gasteiger charge is 2.38. The van der Waals surface area contributed by atoms with Crippen LogP contribution in [0.5, 0.6) is 0 Å². The van der Waals surface area contributed by atoms with Crippen molar-refractivity contribution < 1.29 is 18.0 Å². The molecular weight excluding hydrogens is 424 g/mol. The minimum absolute atomic E-state index is 0.127. The standard InChI is InChI=1S/C25H26N2O4S/c1-25(19-11-5-2-6-12-19,20-13-7-3-8-14-20)24(29)27-22(23(26)28)17-18-32(30,31)21-15-9-4-10-16-21/h2-16,22H,17-18H2,1H3,(H2,26,28)(H,27,29)/t22-/m0/s1. The zero-order chi connectivity index (χ0) is 23.2. The normalized spacial score (nSPS) is 12.7. The van der Waals surface area contributed by atoms with Crippen LogP contribution in [0.2, 0.25) is 0 Å². The third-order valence-electron chi connectivity index (χ3n) is 5.58. The van der Waals surface area contributed by atoms with Crippen molar-refractivity contribution in [2.45, 2.75) is 29.7 Å². The molecule has 3 rings (SSSR count). The molecule has 7 heteroatoms. The Morgan fingerprint density at radius 3 is 1.72 bits per heavy atom. The van der Waals surface area contributed by atoms with Gasteiger partial charge in [0, 0.05) is 0 Å². The number of carbonyl (C=O) groups is 2. The molecule has 3 aromatic carbocycles. The predicted molar refractivity (Wildman–Crippen MR) is 124 cm³/mol. The van der Waals surface area contributed by atoms with E-state index in [1.165, 1.54) is 12.1 Å². The van der Waals surface area contributed by atoms with Gasteiger partial charge in [-0.3, -0.25) is 9.59 Å². The van der Waals surface area contributed by atoms with E-state index >= 15 is 0 Å². The molecule has 0 heterocycles. The maximum Gasteiger partial charge on any atom is 0.240 e. The first kappa shape index (κ1) is 23.2. The number of rotatable bonds is 9. The monoisotopic (exact) mass is 450 g/mol. The van der Waals surface area contributed by atoms with Crippen molar-refractivity contribution in [3.05, 3.63) is 102 Å². The highest BCUT2D eigenvalue weighted by molar-refractivity contribution is 7.91. The molecule has 32 heavy (non-hydrogen) atoms. The second-order valence-electron chi connectivity index (χ2n) is 7.71. The van der Waals surface area contributed by atoms with Crippen LogP contribution in [-0.2, 0) is 24.8 Å². The highest BCUT2D eigenvalue weighted by Crippen LogP contribution is 2.32. The Morgan fingerprint density at radius 1 is 0.844 bits per heavy atom. The largest absolute Gasteiger partial charge is 0.368 e. The summed E-state index contributed by atoms with van der Waals surface area (Å²) in [4.78, 5) is 25.8. The number of hydrogen-bond donors (Lipinski definition) is 2. The van der Waals surface area contributed by atoms with Gasteiger partial charge in [-0.05, 0) is 36.6 Å². The van der Waals surface area contributed by atoms with Crippen molar-refractivity contribution in [1.82, 2.24) is 5.32 Å². The van der Waals surface area contributed by atoms with Gasteiger partial charge in [0.05, 0.1) is 16.1 Å². The van der Waals surface area contributed by atoms with Crippen LogP contribution in [0.25, 0.3) is 0 Å². The Labute approximate surface area is 188 Å². The molecule has 0 aliphatic heterocycles. The van der Waals surface area contributed by atoms with Crippen molar-refractivity contribution in [3.8, 4) is 0 Å². The third-order valence-corrected chi connectivity index (χ3v) is 7.35. The van der Waals surface area contributed by atoms with Crippen molar-refractivity contribution >= 4 is 21.7 Å². The molecule has 0 aliphatic rings. The zero-order valence-electron chi connectivity index (χ0n) is 17.8. The molecule has 0 spiro atoms. The molecule has 0 aliphatic carbocycles. The van der Waals surface area contributed by atoms with Crippen molar-refractivity contribution in [3.63, 3.8) is 0 Å². The summed E-state index contributed by atoms with van der Waals surface area (Å²) in [7, 11) is -3.62. The molecule has 2 amide bonds. The lowest BCUT2D eigenvalue weighted by molar-refractivity contribution is -0.129. The number of hydrogen-bond acceptors (Lipinski definition) is 4. The van der Waals surface area contributed by atoms with Crippen LogP contribution in [0, 0.1) is 0 Å². The molecule has 0 fully saturated rings. The first-order chi connectivity index (χ1) is 15.2. The molecule has 0 radical (unpaired) electrons. The highest BCUT2D eigenvalue weighted by atomic mass is 32.2. The van der Waals surface area contributed by atoms with E-state index in [2.05, 4.69) is 5.32 Å². The molecule has 0 saturated carbocycles. The Hall–Kier alpha value is -3.45. The number of amides is 2. The van der Waals surface area contributed by atoms with Gasteiger partial charge in [0.25, 0.3) is 0 Å². The van der Waals surface area contributed by atoms with Crippen LogP contribution in [0.15, 0.2) is 95.9 Å². The molecule has 3 aromatic rings. The van der Waals surface area contributed by atoms with Gasteiger partial charge in [0.2, 0.25) is 11.8 Å². The number of carbonyl (C=O) groups excluding carboxylic acids is 2.